The molecule has 0 bridgehead atoms. The number of hydrogen-bond donors (Lipinski definition) is 0. The van der Waals surface area contributed by atoms with Gasteiger partial charge in [0.05, 0.1) is 45.6 Å². The zero-order valence-electron chi connectivity index (χ0n) is 50.1. The van der Waals surface area contributed by atoms with Crippen molar-refractivity contribution in [1.29, 1.82) is 0 Å². The van der Waals surface area contributed by atoms with Crippen LogP contribution in [0.1, 0.15) is 22.3 Å². The van der Waals surface area contributed by atoms with Crippen LogP contribution in [0, 0.1) is 27.7 Å². The van der Waals surface area contributed by atoms with Gasteiger partial charge in [-0.2, -0.15) is 0 Å². The smallest absolute Gasteiger partial charge is 2.00 e. The number of aryl methyl sites for hydroxylation is 4. The number of imidazole rings is 2. The van der Waals surface area contributed by atoms with Gasteiger partial charge in [-0.25, -0.2) is 0 Å². The molecule has 540 valence electrons. The van der Waals surface area contributed by atoms with Crippen LogP contribution in [0.15, 0.2) is 219 Å². The van der Waals surface area contributed by atoms with E-state index in [0.29, 0.717) is 11.6 Å². The molecule has 0 aliphatic rings. The summed E-state index contributed by atoms with van der Waals surface area (Å²) in [5.41, 5.74) is 15.8. The zero-order valence-corrected chi connectivity index (χ0v) is 65.6. The molecule has 0 unspecified atom stereocenters. The summed E-state index contributed by atoms with van der Waals surface area (Å²) in [7, 11) is 0. The van der Waals surface area contributed by atoms with Crippen molar-refractivity contribution in [2.24, 2.45) is 0 Å². The Labute approximate surface area is 671 Å². The molecule has 0 saturated heterocycles. The summed E-state index contributed by atoms with van der Waals surface area (Å²) in [6.45, 7) is 8.34. The number of nitrogens with zero attached hydrogens (tertiary/aromatic N) is 12. The van der Waals surface area contributed by atoms with E-state index in [-0.39, 0.29) is 269 Å². The minimum atomic E-state index is 0. The summed E-state index contributed by atoms with van der Waals surface area (Å²) < 4.78 is 0. The van der Waals surface area contributed by atoms with E-state index in [2.05, 4.69) is 112 Å². The van der Waals surface area contributed by atoms with E-state index >= 15 is 0 Å². The molecular formula is C58H48Mo6N12O19Ru2-34. The first kappa shape index (κ1) is 147. The summed E-state index contributed by atoms with van der Waals surface area (Å²) in [4.78, 5) is 51.8. The van der Waals surface area contributed by atoms with E-state index in [1.807, 2.05) is 146 Å². The molecule has 0 aliphatic heterocycles. The Morgan fingerprint density at radius 1 is 0.216 bits per heavy atom. The van der Waals surface area contributed by atoms with Crippen molar-refractivity contribution in [2.45, 2.75) is 27.7 Å². The Morgan fingerprint density at radius 3 is 0.495 bits per heavy atom. The SMILES string of the molecule is Cc1cc2nc(-c3nc4cc(C)c(C)cc4[n-]3)[n-]c2cc1C.[Mo].[Mo].[Mo].[Mo].[Mo].[Mo].[O-2].[O-2].[O-2].[O-2].[O-2].[O-2].[O-2].[O-2].[O-2].[O-2].[O-2].[O-2].[O-2].[O-2].[O-2].[O-2].[O-2].[O-2].[O-2].[Ru+3].[Ru+3].c1ccc(-c2ccccn2)nc1.c1ccc(-c2ccccn2)nc1.c1ccc(-c2ccccn2)nc1.c1ccc(-c2ccccn2)nc1. The average Bonchev–Trinajstić information content (AvgIpc) is 4.20. The molecule has 0 aliphatic carbocycles. The first-order chi connectivity index (χ1) is 34.4. The second-order valence-corrected chi connectivity index (χ2v) is 15.7. The molecule has 0 amide bonds. The Balaban J connectivity index is -0.0000000404. The van der Waals surface area contributed by atoms with Crippen molar-refractivity contribution in [3.63, 3.8) is 0 Å². The van der Waals surface area contributed by atoms with Gasteiger partial charge in [0.2, 0.25) is 0 Å². The Bertz CT molecular complexity index is 2930. The first-order valence-corrected chi connectivity index (χ1v) is 22.5. The summed E-state index contributed by atoms with van der Waals surface area (Å²) in [6, 6.07) is 54.6. The van der Waals surface area contributed by atoms with E-state index in [9.17, 15) is 0 Å². The minimum Gasteiger partial charge on any atom is -2.00 e. The second-order valence-electron chi connectivity index (χ2n) is 15.7. The normalized spacial score (nSPS) is 7.42. The van der Waals surface area contributed by atoms with E-state index in [1.54, 1.807) is 49.6 Å². The molecule has 97 heavy (non-hydrogen) atoms. The van der Waals surface area contributed by atoms with Crippen molar-refractivity contribution >= 4 is 22.1 Å². The maximum atomic E-state index is 4.59. The van der Waals surface area contributed by atoms with Crippen LogP contribution in [0.25, 0.3) is 79.3 Å². The van der Waals surface area contributed by atoms with Gasteiger partial charge < -0.3 is 124 Å². The Morgan fingerprint density at radius 2 is 0.361 bits per heavy atom. The predicted octanol–water partition coefficient (Wildman–Crippen LogP) is 9.90. The van der Waals surface area contributed by atoms with Crippen molar-refractivity contribution in [3.05, 3.63) is 242 Å². The summed E-state index contributed by atoms with van der Waals surface area (Å²) in [5, 5.41) is 0. The van der Waals surface area contributed by atoms with E-state index in [0.717, 1.165) is 67.6 Å². The minimum absolute atomic E-state index is 0. The molecule has 0 saturated carbocycles. The standard InChI is InChI=1S/C18H16N4.4C10H8N2.6Mo.19O.2Ru/c1-9-5-13-14(6-10(9)2)20-17(19-13)18-21-15-7-11(3)12(4)8-16(15)22-18;4*1-3-7-11-9(5-1)10-6-2-4-8-12-10;;;;;;;;;;;;;;;;;;;;;;;;;;;/h5-8H,1-4H3;4*1-8H;;;;;;;;;;;;;;;;;;;;;;;;;;;/q-2;;;;;;;;;;;19*-2;2*+3. The third-order valence-electron chi connectivity index (χ3n) is 10.7. The van der Waals surface area contributed by atoms with Gasteiger partial charge in [-0.1, -0.05) is 84.4 Å². The Kier molecular flexibility index (Phi) is 119. The molecule has 0 N–H and O–H groups in total. The monoisotopic (exact) mass is 2010 g/mol. The average molecular weight is 1990 g/mol. The summed E-state index contributed by atoms with van der Waals surface area (Å²) in [5.74, 6) is 1.21. The molecule has 12 aromatic rings. The summed E-state index contributed by atoms with van der Waals surface area (Å²) in [6.07, 6.45) is 14.1. The number of hydrogen-bond acceptors (Lipinski definition) is 10. The summed E-state index contributed by atoms with van der Waals surface area (Å²) >= 11 is 0. The molecule has 10 heterocycles. The molecule has 2 aromatic carbocycles. The van der Waals surface area contributed by atoms with Gasteiger partial charge in [0.1, 0.15) is 0 Å². The van der Waals surface area contributed by atoms with Gasteiger partial charge in [-0.05, 0) is 169 Å². The maximum Gasteiger partial charge on any atom is 3.00 e. The molecule has 0 spiro atoms. The molecule has 10 aromatic heterocycles. The van der Waals surface area contributed by atoms with Crippen molar-refractivity contribution in [1.82, 2.24) is 59.8 Å². The first-order valence-electron chi connectivity index (χ1n) is 22.5. The zero-order chi connectivity index (χ0) is 48.3. The molecule has 31 nitrogen and oxygen atoms in total. The molecule has 0 fully saturated rings. The number of rotatable bonds is 5. The topological polar surface area (TPSA) is 699 Å². The number of benzene rings is 2. The van der Waals surface area contributed by atoms with Crippen LogP contribution in [0.2, 0.25) is 0 Å². The van der Waals surface area contributed by atoms with Crippen LogP contribution in [0.5, 0.6) is 0 Å². The fourth-order valence-electron chi connectivity index (χ4n) is 6.75. The number of pyridine rings is 8. The van der Waals surface area contributed by atoms with Gasteiger partial charge >= 0.3 is 39.0 Å². The van der Waals surface area contributed by atoms with Crippen molar-refractivity contribution < 1.29 is 269 Å². The predicted molar refractivity (Wildman–Crippen MR) is 291 cm³/mol. The van der Waals surface area contributed by atoms with Gasteiger partial charge in [-0.3, -0.25) is 39.9 Å². The molecule has 2 radical (unpaired) electrons. The third-order valence-corrected chi connectivity index (χ3v) is 10.7. The van der Waals surface area contributed by atoms with Gasteiger partial charge in [0.25, 0.3) is 0 Å². The van der Waals surface area contributed by atoms with E-state index in [4.69, 9.17) is 0 Å². The number of fused-ring (bicyclic) bond motifs is 2. The van der Waals surface area contributed by atoms with Gasteiger partial charge in [-0.15, -0.1) is 0 Å². The van der Waals surface area contributed by atoms with Crippen LogP contribution < -0.4 is 9.97 Å². The van der Waals surface area contributed by atoms with Crippen LogP contribution in [-0.4, -0.2) is 49.8 Å². The largest absolute Gasteiger partial charge is 3.00 e. The van der Waals surface area contributed by atoms with Crippen LogP contribution in [0.3, 0.4) is 0 Å². The van der Waals surface area contributed by atoms with E-state index < -0.39 is 0 Å². The van der Waals surface area contributed by atoms with Gasteiger partial charge in [0, 0.05) is 176 Å². The second kappa shape index (κ2) is 78.5. The fraction of sp³-hybridized carbons (Fsp3) is 0.0690. The van der Waals surface area contributed by atoms with Crippen LogP contribution in [0.4, 0.5) is 0 Å². The van der Waals surface area contributed by atoms with Gasteiger partial charge in [0.15, 0.2) is 0 Å². The fourth-order valence-corrected chi connectivity index (χ4v) is 6.75. The van der Waals surface area contributed by atoms with Crippen LogP contribution in [-0.2, 0) is 269 Å². The quantitative estimate of drug-likeness (QED) is 0.145. The van der Waals surface area contributed by atoms with E-state index in [1.165, 1.54) is 22.3 Å². The molecule has 39 heteroatoms. The molecule has 0 atom stereocenters. The molecule has 12 rings (SSSR count). The van der Waals surface area contributed by atoms with Crippen molar-refractivity contribution in [3.8, 4) is 57.2 Å². The maximum absolute atomic E-state index is 4.59. The van der Waals surface area contributed by atoms with Crippen LogP contribution >= 0.6 is 0 Å². The number of aromatic nitrogens is 12. The Hall–Kier alpha value is -4.80. The third kappa shape index (κ3) is 44.8. The van der Waals surface area contributed by atoms with Crippen molar-refractivity contribution in [2.75, 3.05) is 0 Å². The molecular weight excluding hydrogens is 1950 g/mol.